The minimum atomic E-state index is -0.724. The zero-order chi connectivity index (χ0) is 21.3. The summed E-state index contributed by atoms with van der Waals surface area (Å²) in [5, 5.41) is 19.8. The van der Waals surface area contributed by atoms with Gasteiger partial charge >= 0.3 is 5.97 Å². The molecule has 0 aromatic rings. The second-order valence-corrected chi connectivity index (χ2v) is 9.85. The number of nitrogens with zero attached hydrogens (tertiary/aromatic N) is 2. The van der Waals surface area contributed by atoms with Crippen LogP contribution in [0.15, 0.2) is 0 Å². The molecule has 27 heavy (non-hydrogen) atoms. The number of rotatable bonds is 12. The van der Waals surface area contributed by atoms with E-state index in [1.165, 1.54) is 0 Å². The Morgan fingerprint density at radius 3 is 1.78 bits per heavy atom. The third kappa shape index (κ3) is 15.5. The van der Waals surface area contributed by atoms with E-state index in [9.17, 15) is 15.0 Å². The molecule has 2 N–H and O–H groups in total. The Hall–Kier alpha value is -0.110. The standard InChI is InChI=1S/C19H38Cl2N2O4/c1-18(2,3)14-23(12-16(25)10-21)8-7-22(11-15(24)9-20)13-17(26)27-19(4,5)6/h15-16,24-25H,7-14H2,1-6H3. The van der Waals surface area contributed by atoms with E-state index in [1.54, 1.807) is 0 Å². The summed E-state index contributed by atoms with van der Waals surface area (Å²) in [6.45, 7) is 14.6. The quantitative estimate of drug-likeness (QED) is 0.366. The molecule has 0 aromatic heterocycles. The summed E-state index contributed by atoms with van der Waals surface area (Å²) >= 11 is 11.5. The van der Waals surface area contributed by atoms with Crippen LogP contribution in [-0.4, -0.2) is 94.8 Å². The van der Waals surface area contributed by atoms with Crippen molar-refractivity contribution in [2.45, 2.75) is 59.4 Å². The Morgan fingerprint density at radius 1 is 0.926 bits per heavy atom. The highest BCUT2D eigenvalue weighted by atomic mass is 35.5. The SMILES string of the molecule is CC(C)(C)CN(CCN(CC(=O)OC(C)(C)C)CC(O)CCl)CC(O)CCl. The molecule has 0 aromatic carbocycles. The summed E-state index contributed by atoms with van der Waals surface area (Å²) in [5.41, 5.74) is -0.506. The van der Waals surface area contributed by atoms with Crippen molar-refractivity contribution in [1.82, 2.24) is 9.80 Å². The number of aliphatic hydroxyl groups excluding tert-OH is 2. The van der Waals surface area contributed by atoms with Crippen LogP contribution < -0.4 is 0 Å². The predicted octanol–water partition coefficient (Wildman–Crippen LogP) is 2.18. The van der Waals surface area contributed by atoms with Gasteiger partial charge in [-0.1, -0.05) is 20.8 Å². The lowest BCUT2D eigenvalue weighted by atomic mass is 9.96. The van der Waals surface area contributed by atoms with Crippen molar-refractivity contribution < 1.29 is 19.7 Å². The topological polar surface area (TPSA) is 73.2 Å². The van der Waals surface area contributed by atoms with E-state index < -0.39 is 17.8 Å². The average Bonchev–Trinajstić information content (AvgIpc) is 2.48. The normalized spacial score (nSPS) is 15.3. The fourth-order valence-electron chi connectivity index (χ4n) is 2.67. The fourth-order valence-corrected chi connectivity index (χ4v) is 2.87. The van der Waals surface area contributed by atoms with Crippen LogP contribution in [0, 0.1) is 5.41 Å². The van der Waals surface area contributed by atoms with Crippen molar-refractivity contribution >= 4 is 29.2 Å². The van der Waals surface area contributed by atoms with Crippen molar-refractivity contribution in [2.75, 3.05) is 51.0 Å². The van der Waals surface area contributed by atoms with E-state index in [-0.39, 0.29) is 36.2 Å². The first-order valence-electron chi connectivity index (χ1n) is 9.40. The van der Waals surface area contributed by atoms with Gasteiger partial charge in [-0.2, -0.15) is 0 Å². The second-order valence-electron chi connectivity index (χ2n) is 9.23. The molecular weight excluding hydrogens is 391 g/mol. The van der Waals surface area contributed by atoms with Gasteiger partial charge in [-0.05, 0) is 26.2 Å². The highest BCUT2D eigenvalue weighted by Crippen LogP contribution is 2.16. The Bertz CT molecular complexity index is 425. The first-order chi connectivity index (χ1) is 12.3. The van der Waals surface area contributed by atoms with Gasteiger partial charge in [0.15, 0.2) is 0 Å². The highest BCUT2D eigenvalue weighted by Gasteiger charge is 2.23. The van der Waals surface area contributed by atoms with Crippen LogP contribution in [0.4, 0.5) is 0 Å². The summed E-state index contributed by atoms with van der Waals surface area (Å²) in [7, 11) is 0. The molecule has 0 aliphatic carbocycles. The molecule has 0 bridgehead atoms. The van der Waals surface area contributed by atoms with Gasteiger partial charge in [0, 0.05) is 44.5 Å². The predicted molar refractivity (Wildman–Crippen MR) is 112 cm³/mol. The number of aliphatic hydroxyl groups is 2. The van der Waals surface area contributed by atoms with Crippen molar-refractivity contribution in [3.63, 3.8) is 0 Å². The summed E-state index contributed by atoms with van der Waals surface area (Å²) < 4.78 is 5.39. The van der Waals surface area contributed by atoms with Gasteiger partial charge in [0.25, 0.3) is 0 Å². The minimum absolute atomic E-state index is 0.0533. The number of esters is 1. The maximum absolute atomic E-state index is 12.2. The van der Waals surface area contributed by atoms with Crippen LogP contribution in [0.25, 0.3) is 0 Å². The van der Waals surface area contributed by atoms with Crippen LogP contribution in [0.3, 0.4) is 0 Å². The molecule has 2 atom stereocenters. The molecule has 0 heterocycles. The largest absolute Gasteiger partial charge is 0.459 e. The van der Waals surface area contributed by atoms with E-state index in [0.717, 1.165) is 6.54 Å². The molecule has 8 heteroatoms. The number of hydrogen-bond donors (Lipinski definition) is 2. The summed E-state index contributed by atoms with van der Waals surface area (Å²) in [4.78, 5) is 16.2. The van der Waals surface area contributed by atoms with Crippen molar-refractivity contribution in [3.05, 3.63) is 0 Å². The summed E-state index contributed by atoms with van der Waals surface area (Å²) in [6, 6.07) is 0. The first kappa shape index (κ1) is 26.9. The molecule has 0 rings (SSSR count). The molecular formula is C19H38Cl2N2O4. The molecule has 0 aliphatic heterocycles. The molecule has 2 unspecified atom stereocenters. The first-order valence-corrected chi connectivity index (χ1v) is 10.5. The van der Waals surface area contributed by atoms with E-state index in [2.05, 4.69) is 25.7 Å². The van der Waals surface area contributed by atoms with Gasteiger partial charge in [0.1, 0.15) is 5.60 Å². The Morgan fingerprint density at radius 2 is 1.37 bits per heavy atom. The zero-order valence-corrected chi connectivity index (χ0v) is 19.2. The van der Waals surface area contributed by atoms with Gasteiger partial charge in [0.2, 0.25) is 0 Å². The summed E-state index contributed by atoms with van der Waals surface area (Å²) in [5.74, 6) is -0.0678. The molecule has 0 fully saturated rings. The lowest BCUT2D eigenvalue weighted by Crippen LogP contribution is -2.46. The molecule has 0 radical (unpaired) electrons. The minimum Gasteiger partial charge on any atom is -0.459 e. The number of carbonyl (C=O) groups is 1. The molecule has 0 amide bonds. The van der Waals surface area contributed by atoms with Gasteiger partial charge in [-0.25, -0.2) is 0 Å². The smallest absolute Gasteiger partial charge is 0.320 e. The molecule has 0 spiro atoms. The van der Waals surface area contributed by atoms with E-state index >= 15 is 0 Å². The Labute approximate surface area is 174 Å². The maximum atomic E-state index is 12.2. The van der Waals surface area contributed by atoms with Crippen LogP contribution >= 0.6 is 23.2 Å². The maximum Gasteiger partial charge on any atom is 0.320 e. The van der Waals surface area contributed by atoms with Crippen LogP contribution in [-0.2, 0) is 9.53 Å². The Kier molecular flexibility index (Phi) is 12.4. The molecule has 0 aliphatic rings. The number of alkyl halides is 2. The van der Waals surface area contributed by atoms with Gasteiger partial charge < -0.3 is 14.9 Å². The van der Waals surface area contributed by atoms with Crippen LogP contribution in [0.5, 0.6) is 0 Å². The molecule has 6 nitrogen and oxygen atoms in total. The van der Waals surface area contributed by atoms with Gasteiger partial charge in [-0.15, -0.1) is 23.2 Å². The third-order valence-corrected chi connectivity index (χ3v) is 4.21. The Balaban J connectivity index is 4.94. The number of ether oxygens (including phenoxy) is 1. The van der Waals surface area contributed by atoms with Crippen molar-refractivity contribution in [3.8, 4) is 0 Å². The number of halogens is 2. The van der Waals surface area contributed by atoms with Crippen LogP contribution in [0.2, 0.25) is 0 Å². The van der Waals surface area contributed by atoms with Crippen molar-refractivity contribution in [2.24, 2.45) is 5.41 Å². The highest BCUT2D eigenvalue weighted by molar-refractivity contribution is 6.18. The zero-order valence-electron chi connectivity index (χ0n) is 17.7. The van der Waals surface area contributed by atoms with E-state index in [0.29, 0.717) is 19.6 Å². The monoisotopic (exact) mass is 428 g/mol. The molecule has 0 saturated heterocycles. The van der Waals surface area contributed by atoms with Gasteiger partial charge in [0.05, 0.1) is 18.8 Å². The van der Waals surface area contributed by atoms with Crippen LogP contribution in [0.1, 0.15) is 41.5 Å². The fraction of sp³-hybridized carbons (Fsp3) is 0.947. The summed E-state index contributed by atoms with van der Waals surface area (Å²) in [6.07, 6.45) is -1.33. The molecule has 162 valence electrons. The van der Waals surface area contributed by atoms with Gasteiger partial charge in [-0.3, -0.25) is 14.6 Å². The third-order valence-electron chi connectivity index (χ3n) is 3.50. The van der Waals surface area contributed by atoms with Crippen molar-refractivity contribution in [1.29, 1.82) is 0 Å². The number of hydrogen-bond acceptors (Lipinski definition) is 6. The lowest BCUT2D eigenvalue weighted by molar-refractivity contribution is -0.156. The molecule has 0 saturated carbocycles. The lowest BCUT2D eigenvalue weighted by Gasteiger charge is -2.33. The number of carbonyl (C=O) groups excluding carboxylic acids is 1. The van der Waals surface area contributed by atoms with E-state index in [1.807, 2.05) is 25.7 Å². The van der Waals surface area contributed by atoms with E-state index in [4.69, 9.17) is 27.9 Å². The second kappa shape index (κ2) is 12.5. The average molecular weight is 429 g/mol.